The van der Waals surface area contributed by atoms with Gasteiger partial charge in [0, 0.05) is 43.6 Å². The van der Waals surface area contributed by atoms with E-state index >= 15 is 0 Å². The minimum atomic E-state index is -4.70. The molecule has 6 nitrogen and oxygen atoms in total. The van der Waals surface area contributed by atoms with Gasteiger partial charge >= 0.3 is 12.4 Å². The average Bonchev–Trinajstić information content (AvgIpc) is 2.76. The van der Waals surface area contributed by atoms with E-state index in [0.717, 1.165) is 11.6 Å². The molecule has 2 unspecified atom stereocenters. The summed E-state index contributed by atoms with van der Waals surface area (Å²) >= 11 is 0. The standard InChI is InChI=1S/C24H18F6N4O2.H2/c1-11-17(24(28,29)30)9-16-20(14-6-15(7-14)23(25,26)27)33-21(34-22(16)32-11)12-4-5-36-18(8-12)13-2-3-19(35)31-10-13;/h2-3,9-10,12,18H,4-6,8H2,1H3,(H,31,35);1H. The van der Waals surface area contributed by atoms with Gasteiger partial charge in [0.2, 0.25) is 5.56 Å². The number of nitrogens with one attached hydrogen (secondary N) is 1. The summed E-state index contributed by atoms with van der Waals surface area (Å²) in [6.07, 6.45) is -7.76. The Kier molecular flexibility index (Phi) is 5.76. The lowest BCUT2D eigenvalue weighted by molar-refractivity contribution is -0.138. The fraction of sp³-hybridized carbons (Fsp3) is 0.375. The second kappa shape index (κ2) is 8.56. The van der Waals surface area contributed by atoms with E-state index in [0.29, 0.717) is 19.4 Å². The Morgan fingerprint density at radius 3 is 2.50 bits per heavy atom. The number of rotatable bonds is 3. The summed E-state index contributed by atoms with van der Waals surface area (Å²) in [4.78, 5) is 26.9. The predicted octanol–water partition coefficient (Wildman–Crippen LogP) is 5.80. The van der Waals surface area contributed by atoms with Crippen LogP contribution < -0.4 is 5.56 Å². The van der Waals surface area contributed by atoms with Crippen molar-refractivity contribution in [3.8, 4) is 0 Å². The number of nitrogens with zero attached hydrogens (tertiary/aromatic N) is 3. The van der Waals surface area contributed by atoms with Gasteiger partial charge in [0.1, 0.15) is 5.82 Å². The smallest absolute Gasteiger partial charge is 0.373 e. The minimum Gasteiger partial charge on any atom is -0.373 e. The average molecular weight is 510 g/mol. The third kappa shape index (κ3) is 4.54. The normalized spacial score (nSPS) is 20.6. The molecule has 0 radical (unpaired) electrons. The van der Waals surface area contributed by atoms with E-state index in [2.05, 4.69) is 25.7 Å². The first-order valence-corrected chi connectivity index (χ1v) is 11.0. The highest BCUT2D eigenvalue weighted by Gasteiger charge is 2.40. The van der Waals surface area contributed by atoms with Gasteiger partial charge in [0.15, 0.2) is 5.65 Å². The topological polar surface area (TPSA) is 80.8 Å². The van der Waals surface area contributed by atoms with Gasteiger partial charge in [0.05, 0.1) is 28.6 Å². The molecule has 1 aliphatic heterocycles. The number of aromatic amines is 1. The molecule has 0 bridgehead atoms. The van der Waals surface area contributed by atoms with Crippen LogP contribution in [0.25, 0.3) is 16.6 Å². The van der Waals surface area contributed by atoms with E-state index in [1.807, 2.05) is 0 Å². The molecule has 1 fully saturated rings. The van der Waals surface area contributed by atoms with Crippen molar-refractivity contribution in [3.63, 3.8) is 0 Å². The third-order valence-corrected chi connectivity index (χ3v) is 6.31. The van der Waals surface area contributed by atoms with Crippen molar-refractivity contribution in [1.29, 1.82) is 0 Å². The fourth-order valence-electron chi connectivity index (χ4n) is 4.40. The summed E-state index contributed by atoms with van der Waals surface area (Å²) in [7, 11) is 0. The van der Waals surface area contributed by atoms with E-state index in [9.17, 15) is 31.1 Å². The van der Waals surface area contributed by atoms with E-state index in [-0.39, 0.29) is 46.7 Å². The molecule has 36 heavy (non-hydrogen) atoms. The summed E-state index contributed by atoms with van der Waals surface area (Å²) < 4.78 is 85.5. The molecular formula is C24H20F6N4O2. The maximum Gasteiger partial charge on any atom is 0.420 e. The van der Waals surface area contributed by atoms with Crippen molar-refractivity contribution in [1.82, 2.24) is 19.9 Å². The summed E-state index contributed by atoms with van der Waals surface area (Å²) in [5.41, 5.74) is 0.478. The number of hydrogen-bond donors (Lipinski definition) is 1. The van der Waals surface area contributed by atoms with E-state index in [1.165, 1.54) is 19.2 Å². The van der Waals surface area contributed by atoms with Crippen molar-refractivity contribution in [2.45, 2.75) is 50.6 Å². The van der Waals surface area contributed by atoms with Crippen molar-refractivity contribution in [2.24, 2.45) is 0 Å². The van der Waals surface area contributed by atoms with Crippen LogP contribution in [0.5, 0.6) is 0 Å². The minimum absolute atomic E-state index is 0. The van der Waals surface area contributed by atoms with Crippen LogP contribution >= 0.6 is 0 Å². The summed E-state index contributed by atoms with van der Waals surface area (Å²) in [6, 6.07) is 3.83. The summed E-state index contributed by atoms with van der Waals surface area (Å²) in [5.74, 6) is -0.0355. The largest absolute Gasteiger partial charge is 0.420 e. The Morgan fingerprint density at radius 1 is 1.11 bits per heavy atom. The molecule has 12 heteroatoms. The van der Waals surface area contributed by atoms with E-state index < -0.39 is 36.0 Å². The van der Waals surface area contributed by atoms with Crippen LogP contribution in [0.15, 0.2) is 40.5 Å². The number of ether oxygens (including phenoxy) is 1. The SMILES string of the molecule is Cc1nc2nc(C3CCOC(c4ccc(=O)[nH]c4)C3)nc(C3=C=C(C(F)(F)F)C3)c2cc1C(F)(F)F.[HH]. The maximum absolute atomic E-state index is 13.5. The fourth-order valence-corrected chi connectivity index (χ4v) is 4.40. The van der Waals surface area contributed by atoms with Crippen LogP contribution in [-0.2, 0) is 10.9 Å². The zero-order valence-electron chi connectivity index (χ0n) is 18.7. The van der Waals surface area contributed by atoms with Crippen LogP contribution in [0.4, 0.5) is 26.3 Å². The first-order valence-electron chi connectivity index (χ1n) is 11.0. The maximum atomic E-state index is 13.5. The first-order chi connectivity index (χ1) is 16.9. The van der Waals surface area contributed by atoms with Gasteiger partial charge in [-0.2, -0.15) is 26.3 Å². The number of aryl methyl sites for hydroxylation is 1. The molecule has 3 aromatic heterocycles. The van der Waals surface area contributed by atoms with Crippen LogP contribution in [0.2, 0.25) is 0 Å². The highest BCUT2D eigenvalue weighted by atomic mass is 19.4. The molecule has 1 aliphatic carbocycles. The molecule has 4 heterocycles. The zero-order chi connectivity index (χ0) is 25.8. The molecule has 2 atom stereocenters. The quantitative estimate of drug-likeness (QED) is 0.356. The molecule has 1 N–H and O–H groups in total. The van der Waals surface area contributed by atoms with Gasteiger partial charge < -0.3 is 9.72 Å². The predicted molar refractivity (Wildman–Crippen MR) is 118 cm³/mol. The lowest BCUT2D eigenvalue weighted by Crippen LogP contribution is -2.22. The van der Waals surface area contributed by atoms with Gasteiger partial charge in [0.25, 0.3) is 0 Å². The third-order valence-electron chi connectivity index (χ3n) is 6.31. The monoisotopic (exact) mass is 510 g/mol. The van der Waals surface area contributed by atoms with Crippen molar-refractivity contribution in [2.75, 3.05) is 6.61 Å². The Labute approximate surface area is 201 Å². The van der Waals surface area contributed by atoms with Crippen LogP contribution in [0.3, 0.4) is 0 Å². The first kappa shape index (κ1) is 24.2. The summed E-state index contributed by atoms with van der Waals surface area (Å²) in [5, 5.41) is -0.0790. The molecule has 0 spiro atoms. The Bertz CT molecular complexity index is 1470. The molecule has 0 aromatic carbocycles. The van der Waals surface area contributed by atoms with Gasteiger partial charge in [-0.05, 0) is 37.5 Å². The van der Waals surface area contributed by atoms with E-state index in [4.69, 9.17) is 4.74 Å². The Hall–Kier alpha value is -3.50. The van der Waals surface area contributed by atoms with Crippen LogP contribution in [0, 0.1) is 6.92 Å². The number of fused-ring (bicyclic) bond motifs is 1. The Balaban J connectivity index is 0.00000320. The molecule has 3 aromatic rings. The van der Waals surface area contributed by atoms with Crippen LogP contribution in [-0.4, -0.2) is 32.7 Å². The van der Waals surface area contributed by atoms with Gasteiger partial charge in [-0.3, -0.25) is 4.79 Å². The number of halogens is 6. The molecule has 5 rings (SSSR count). The number of hydrogen-bond acceptors (Lipinski definition) is 5. The second-order valence-corrected chi connectivity index (χ2v) is 8.74. The molecule has 1 saturated heterocycles. The Morgan fingerprint density at radius 2 is 1.86 bits per heavy atom. The molecular weight excluding hydrogens is 490 g/mol. The lowest BCUT2D eigenvalue weighted by atomic mass is 9.90. The van der Waals surface area contributed by atoms with Gasteiger partial charge in [-0.25, -0.2) is 15.0 Å². The second-order valence-electron chi connectivity index (χ2n) is 8.74. The molecule has 190 valence electrons. The zero-order valence-corrected chi connectivity index (χ0v) is 18.7. The number of pyridine rings is 2. The van der Waals surface area contributed by atoms with Crippen molar-refractivity contribution >= 4 is 16.6 Å². The molecule has 0 saturated carbocycles. The number of aromatic nitrogens is 4. The van der Waals surface area contributed by atoms with Gasteiger partial charge in [-0.15, -0.1) is 5.73 Å². The van der Waals surface area contributed by atoms with E-state index in [1.54, 1.807) is 6.07 Å². The van der Waals surface area contributed by atoms with Crippen LogP contribution in [0.1, 0.15) is 61.1 Å². The number of H-pyrrole nitrogens is 1. The number of alkyl halides is 6. The highest BCUT2D eigenvalue weighted by molar-refractivity contribution is 5.90. The number of allylic oxidation sites excluding steroid dienone is 1. The van der Waals surface area contributed by atoms with Gasteiger partial charge in [-0.1, -0.05) is 0 Å². The molecule has 0 amide bonds. The lowest BCUT2D eigenvalue weighted by Gasteiger charge is -2.29. The van der Waals surface area contributed by atoms with Crippen molar-refractivity contribution in [3.05, 3.63) is 74.4 Å². The summed E-state index contributed by atoms with van der Waals surface area (Å²) in [6.45, 7) is 1.53. The highest BCUT2D eigenvalue weighted by Crippen LogP contribution is 2.43. The molecule has 2 aliphatic rings. The van der Waals surface area contributed by atoms with Crippen molar-refractivity contribution < 1.29 is 32.5 Å².